The van der Waals surface area contributed by atoms with E-state index in [1.807, 2.05) is 0 Å². The third-order valence-corrected chi connectivity index (χ3v) is 6.33. The predicted octanol–water partition coefficient (Wildman–Crippen LogP) is 2.42. The van der Waals surface area contributed by atoms with Crippen LogP contribution < -0.4 is 10.6 Å². The van der Waals surface area contributed by atoms with Crippen LogP contribution in [0.5, 0.6) is 0 Å². The van der Waals surface area contributed by atoms with E-state index in [9.17, 15) is 9.59 Å². The first kappa shape index (κ1) is 20.9. The summed E-state index contributed by atoms with van der Waals surface area (Å²) in [5, 5.41) is 6.70. The molecular formula is C22H36N4O2. The molecule has 0 aromatic carbocycles. The van der Waals surface area contributed by atoms with Gasteiger partial charge in [-0.2, -0.15) is 0 Å². The van der Waals surface area contributed by atoms with Gasteiger partial charge in [-0.1, -0.05) is 39.8 Å². The minimum atomic E-state index is -0.0897. The first-order chi connectivity index (χ1) is 13.2. The van der Waals surface area contributed by atoms with Crippen molar-refractivity contribution in [3.05, 3.63) is 12.2 Å². The van der Waals surface area contributed by atoms with Crippen molar-refractivity contribution in [2.75, 3.05) is 26.7 Å². The van der Waals surface area contributed by atoms with Crippen molar-refractivity contribution in [2.45, 2.75) is 47.0 Å². The standard InChI is InChI=1S/C22H36N4O2/c1-14(2)12-22(3,4)13-25-21(23-5)24-9-6-10-26-19(27)17-15-7-8-16(11-15)18(17)20(26)28/h7-8,14-18H,6,9-13H2,1-5H3,(H2,23,24,25). The van der Waals surface area contributed by atoms with E-state index in [4.69, 9.17) is 0 Å². The molecule has 2 fully saturated rings. The van der Waals surface area contributed by atoms with Gasteiger partial charge in [-0.05, 0) is 42.4 Å². The van der Waals surface area contributed by atoms with E-state index in [1.54, 1.807) is 7.05 Å². The number of allylic oxidation sites excluding steroid dienone is 2. The van der Waals surface area contributed by atoms with Crippen LogP contribution in [-0.2, 0) is 9.59 Å². The lowest BCUT2D eigenvalue weighted by Gasteiger charge is -2.28. The third kappa shape index (κ3) is 4.26. The van der Waals surface area contributed by atoms with Gasteiger partial charge in [-0.25, -0.2) is 0 Å². The number of hydrogen-bond donors (Lipinski definition) is 2. The Labute approximate surface area is 169 Å². The van der Waals surface area contributed by atoms with E-state index >= 15 is 0 Å². The largest absolute Gasteiger partial charge is 0.356 e. The lowest BCUT2D eigenvalue weighted by Crippen LogP contribution is -2.43. The Morgan fingerprint density at radius 3 is 2.32 bits per heavy atom. The smallest absolute Gasteiger partial charge is 0.233 e. The van der Waals surface area contributed by atoms with Gasteiger partial charge in [0.15, 0.2) is 5.96 Å². The molecule has 28 heavy (non-hydrogen) atoms. The van der Waals surface area contributed by atoms with Gasteiger partial charge in [-0.3, -0.25) is 19.5 Å². The fourth-order valence-electron chi connectivity index (χ4n) is 5.35. The Hall–Kier alpha value is -1.85. The molecule has 0 radical (unpaired) electrons. The summed E-state index contributed by atoms with van der Waals surface area (Å²) < 4.78 is 0. The minimum Gasteiger partial charge on any atom is -0.356 e. The van der Waals surface area contributed by atoms with Crippen LogP contribution in [0.15, 0.2) is 17.1 Å². The van der Waals surface area contributed by atoms with Crippen molar-refractivity contribution in [1.82, 2.24) is 15.5 Å². The molecule has 0 aromatic heterocycles. The van der Waals surface area contributed by atoms with Crippen LogP contribution in [0.4, 0.5) is 0 Å². The van der Waals surface area contributed by atoms with Gasteiger partial charge in [0.25, 0.3) is 0 Å². The molecule has 1 saturated heterocycles. The van der Waals surface area contributed by atoms with Gasteiger partial charge in [0.05, 0.1) is 11.8 Å². The maximum atomic E-state index is 12.7. The fourth-order valence-corrected chi connectivity index (χ4v) is 5.35. The Bertz CT molecular complexity index is 637. The van der Waals surface area contributed by atoms with Gasteiger partial charge in [0.2, 0.25) is 11.8 Å². The van der Waals surface area contributed by atoms with Crippen LogP contribution in [0.3, 0.4) is 0 Å². The van der Waals surface area contributed by atoms with Crippen molar-refractivity contribution in [3.8, 4) is 0 Å². The number of carbonyl (C=O) groups excluding carboxylic acids is 2. The summed E-state index contributed by atoms with van der Waals surface area (Å²) in [6.45, 7) is 11.0. The highest BCUT2D eigenvalue weighted by Crippen LogP contribution is 2.52. The number of rotatable bonds is 8. The summed E-state index contributed by atoms with van der Waals surface area (Å²) in [7, 11) is 1.77. The topological polar surface area (TPSA) is 73.8 Å². The number of guanidine groups is 1. The van der Waals surface area contributed by atoms with Crippen LogP contribution in [0.1, 0.15) is 47.0 Å². The Morgan fingerprint density at radius 1 is 1.18 bits per heavy atom. The molecule has 2 N–H and O–H groups in total. The molecule has 2 amide bonds. The van der Waals surface area contributed by atoms with Gasteiger partial charge < -0.3 is 10.6 Å². The molecule has 156 valence electrons. The molecule has 1 saturated carbocycles. The van der Waals surface area contributed by atoms with E-state index in [2.05, 4.69) is 55.5 Å². The maximum Gasteiger partial charge on any atom is 0.233 e. The van der Waals surface area contributed by atoms with Gasteiger partial charge >= 0.3 is 0 Å². The lowest BCUT2D eigenvalue weighted by molar-refractivity contribution is -0.140. The van der Waals surface area contributed by atoms with Gasteiger partial charge in [0, 0.05) is 26.7 Å². The molecule has 1 aliphatic heterocycles. The molecule has 3 rings (SSSR count). The monoisotopic (exact) mass is 388 g/mol. The molecule has 2 aliphatic carbocycles. The molecule has 3 aliphatic rings. The average molecular weight is 389 g/mol. The first-order valence-corrected chi connectivity index (χ1v) is 10.7. The zero-order valence-corrected chi connectivity index (χ0v) is 18.0. The molecule has 2 bridgehead atoms. The number of aliphatic imine (C=N–C) groups is 1. The maximum absolute atomic E-state index is 12.7. The van der Waals surface area contributed by atoms with E-state index < -0.39 is 0 Å². The Kier molecular flexibility index (Phi) is 6.15. The number of nitrogens with one attached hydrogen (secondary N) is 2. The van der Waals surface area contributed by atoms with Gasteiger partial charge in [0.1, 0.15) is 0 Å². The quantitative estimate of drug-likeness (QED) is 0.220. The van der Waals surface area contributed by atoms with Crippen molar-refractivity contribution in [3.63, 3.8) is 0 Å². The summed E-state index contributed by atoms with van der Waals surface area (Å²) in [6.07, 6.45) is 7.14. The van der Waals surface area contributed by atoms with Crippen LogP contribution in [0, 0.1) is 35.0 Å². The second-order valence-electron chi connectivity index (χ2n) is 9.80. The van der Waals surface area contributed by atoms with Crippen LogP contribution in [-0.4, -0.2) is 49.4 Å². The van der Waals surface area contributed by atoms with E-state index in [-0.39, 0.29) is 40.9 Å². The fraction of sp³-hybridized carbons (Fsp3) is 0.773. The molecule has 6 nitrogen and oxygen atoms in total. The number of imide groups is 1. The summed E-state index contributed by atoms with van der Waals surface area (Å²) in [6, 6.07) is 0. The van der Waals surface area contributed by atoms with Gasteiger partial charge in [-0.15, -0.1) is 0 Å². The predicted molar refractivity (Wildman–Crippen MR) is 112 cm³/mol. The van der Waals surface area contributed by atoms with E-state index in [0.29, 0.717) is 19.0 Å². The molecule has 4 unspecified atom stereocenters. The Morgan fingerprint density at radius 2 is 1.79 bits per heavy atom. The Balaban J connectivity index is 1.41. The number of amides is 2. The minimum absolute atomic E-state index is 0.0461. The van der Waals surface area contributed by atoms with Crippen molar-refractivity contribution in [2.24, 2.45) is 40.0 Å². The summed E-state index contributed by atoms with van der Waals surface area (Å²) >= 11 is 0. The highest BCUT2D eigenvalue weighted by atomic mass is 16.2. The summed E-state index contributed by atoms with van der Waals surface area (Å²) in [4.78, 5) is 31.2. The van der Waals surface area contributed by atoms with Crippen LogP contribution in [0.25, 0.3) is 0 Å². The van der Waals surface area contributed by atoms with E-state index in [1.165, 1.54) is 4.90 Å². The van der Waals surface area contributed by atoms with Crippen molar-refractivity contribution in [1.29, 1.82) is 0 Å². The number of carbonyl (C=O) groups is 2. The molecular weight excluding hydrogens is 352 g/mol. The normalized spacial score (nSPS) is 29.2. The number of likely N-dealkylation sites (tertiary alicyclic amines) is 1. The first-order valence-electron chi connectivity index (χ1n) is 10.7. The van der Waals surface area contributed by atoms with Crippen LogP contribution >= 0.6 is 0 Å². The highest BCUT2D eigenvalue weighted by Gasteiger charge is 2.58. The molecule has 4 atom stereocenters. The van der Waals surface area contributed by atoms with Crippen molar-refractivity contribution < 1.29 is 9.59 Å². The molecule has 1 heterocycles. The average Bonchev–Trinajstić information content (AvgIpc) is 3.29. The second-order valence-corrected chi connectivity index (χ2v) is 9.80. The molecule has 0 aromatic rings. The highest BCUT2D eigenvalue weighted by molar-refractivity contribution is 6.06. The second kappa shape index (κ2) is 8.26. The van der Waals surface area contributed by atoms with Crippen molar-refractivity contribution >= 4 is 17.8 Å². The van der Waals surface area contributed by atoms with E-state index in [0.717, 1.165) is 31.8 Å². The number of hydrogen-bond acceptors (Lipinski definition) is 3. The molecule has 6 heteroatoms. The molecule has 0 spiro atoms. The summed E-state index contributed by atoms with van der Waals surface area (Å²) in [5.74, 6) is 1.91. The summed E-state index contributed by atoms with van der Waals surface area (Å²) in [5.41, 5.74) is 0.200. The number of nitrogens with zero attached hydrogens (tertiary/aromatic N) is 2. The third-order valence-electron chi connectivity index (χ3n) is 6.33. The number of fused-ring (bicyclic) bond motifs is 5. The lowest BCUT2D eigenvalue weighted by atomic mass is 9.84. The van der Waals surface area contributed by atoms with Crippen LogP contribution in [0.2, 0.25) is 0 Å². The zero-order valence-electron chi connectivity index (χ0n) is 18.0. The zero-order chi connectivity index (χ0) is 20.5. The SMILES string of the molecule is CN=C(NCCCN1C(=O)C2C3C=CC(C3)C2C1=O)NCC(C)(C)CC(C)C.